The number of rotatable bonds is 3. The highest BCUT2D eigenvalue weighted by molar-refractivity contribution is 5.92. The van der Waals surface area contributed by atoms with Crippen molar-refractivity contribution in [3.05, 3.63) is 35.4 Å². The van der Waals surface area contributed by atoms with Gasteiger partial charge in [0.25, 0.3) is 5.91 Å². The SMILES string of the molecule is Cc1cc(C[C@@H]2CN(C(=O)c3ccnn3C)C[C@H]2O)n[nH]1. The third kappa shape index (κ3) is 2.69. The molecule has 0 spiro atoms. The first-order chi connectivity index (χ1) is 10.0. The molecular formula is C14H19N5O2. The summed E-state index contributed by atoms with van der Waals surface area (Å²) in [4.78, 5) is 14.1. The number of β-amino-alcohol motifs (C(OH)–C–C–N with tert-alkyl or cyclic N) is 1. The van der Waals surface area contributed by atoms with Gasteiger partial charge in [-0.05, 0) is 25.5 Å². The van der Waals surface area contributed by atoms with Crippen molar-refractivity contribution in [2.45, 2.75) is 19.4 Å². The second-order valence-corrected chi connectivity index (χ2v) is 5.62. The Labute approximate surface area is 122 Å². The zero-order chi connectivity index (χ0) is 15.0. The number of aromatic amines is 1. The second kappa shape index (κ2) is 5.33. The van der Waals surface area contributed by atoms with Gasteiger partial charge in [0, 0.05) is 37.9 Å². The van der Waals surface area contributed by atoms with Crippen LogP contribution >= 0.6 is 0 Å². The Bertz CT molecular complexity index is 647. The largest absolute Gasteiger partial charge is 0.391 e. The van der Waals surface area contributed by atoms with Gasteiger partial charge in [0.2, 0.25) is 0 Å². The Kier molecular flexibility index (Phi) is 3.50. The van der Waals surface area contributed by atoms with E-state index >= 15 is 0 Å². The van der Waals surface area contributed by atoms with Crippen LogP contribution in [-0.4, -0.2) is 55.1 Å². The zero-order valence-electron chi connectivity index (χ0n) is 12.2. The summed E-state index contributed by atoms with van der Waals surface area (Å²) in [7, 11) is 1.74. The van der Waals surface area contributed by atoms with Gasteiger partial charge in [0.15, 0.2) is 0 Å². The lowest BCUT2D eigenvalue weighted by molar-refractivity contribution is 0.0754. The van der Waals surface area contributed by atoms with Crippen molar-refractivity contribution in [2.75, 3.05) is 13.1 Å². The number of nitrogens with zero attached hydrogens (tertiary/aromatic N) is 4. The first-order valence-electron chi connectivity index (χ1n) is 7.01. The predicted molar refractivity (Wildman–Crippen MR) is 75.6 cm³/mol. The normalized spacial score (nSPS) is 22.0. The van der Waals surface area contributed by atoms with Gasteiger partial charge in [0.05, 0.1) is 11.8 Å². The van der Waals surface area contributed by atoms with E-state index in [0.29, 0.717) is 25.2 Å². The number of aromatic nitrogens is 4. The maximum atomic E-state index is 12.4. The molecule has 0 bridgehead atoms. The van der Waals surface area contributed by atoms with E-state index in [0.717, 1.165) is 11.4 Å². The van der Waals surface area contributed by atoms with Crippen molar-refractivity contribution < 1.29 is 9.90 Å². The number of amides is 1. The summed E-state index contributed by atoms with van der Waals surface area (Å²) >= 11 is 0. The molecular weight excluding hydrogens is 270 g/mol. The fourth-order valence-electron chi connectivity index (χ4n) is 2.81. The molecule has 2 atom stereocenters. The number of aliphatic hydroxyl groups excluding tert-OH is 1. The second-order valence-electron chi connectivity index (χ2n) is 5.62. The average Bonchev–Trinajstić information content (AvgIpc) is 3.12. The number of likely N-dealkylation sites (tertiary alicyclic amines) is 1. The molecule has 1 aliphatic heterocycles. The summed E-state index contributed by atoms with van der Waals surface area (Å²) in [5.74, 6) is -0.0698. The summed E-state index contributed by atoms with van der Waals surface area (Å²) in [6.45, 7) is 2.84. The minimum absolute atomic E-state index is 0.0184. The molecule has 2 N–H and O–H groups in total. The first kappa shape index (κ1) is 13.8. The maximum absolute atomic E-state index is 12.4. The highest BCUT2D eigenvalue weighted by atomic mass is 16.3. The van der Waals surface area contributed by atoms with E-state index < -0.39 is 6.10 Å². The Morgan fingerprint density at radius 3 is 2.95 bits per heavy atom. The minimum atomic E-state index is -0.515. The summed E-state index contributed by atoms with van der Waals surface area (Å²) in [5, 5.41) is 21.3. The molecule has 0 aromatic carbocycles. The van der Waals surface area contributed by atoms with E-state index in [2.05, 4.69) is 15.3 Å². The number of hydrogen-bond donors (Lipinski definition) is 2. The third-order valence-electron chi connectivity index (χ3n) is 3.96. The molecule has 3 rings (SSSR count). The molecule has 1 aliphatic rings. The molecule has 0 saturated carbocycles. The van der Waals surface area contributed by atoms with E-state index in [1.807, 2.05) is 13.0 Å². The molecule has 3 heterocycles. The highest BCUT2D eigenvalue weighted by Crippen LogP contribution is 2.22. The van der Waals surface area contributed by atoms with Crippen molar-refractivity contribution in [2.24, 2.45) is 13.0 Å². The van der Waals surface area contributed by atoms with Gasteiger partial charge in [-0.15, -0.1) is 0 Å². The smallest absolute Gasteiger partial charge is 0.272 e. The van der Waals surface area contributed by atoms with Gasteiger partial charge in [-0.2, -0.15) is 10.2 Å². The van der Waals surface area contributed by atoms with Gasteiger partial charge < -0.3 is 10.0 Å². The van der Waals surface area contributed by atoms with Crippen LogP contribution in [0.4, 0.5) is 0 Å². The number of nitrogens with one attached hydrogen (secondary N) is 1. The molecule has 0 radical (unpaired) electrons. The van der Waals surface area contributed by atoms with Crippen LogP contribution in [0, 0.1) is 12.8 Å². The van der Waals surface area contributed by atoms with Crippen LogP contribution < -0.4 is 0 Å². The molecule has 2 aromatic rings. The molecule has 7 nitrogen and oxygen atoms in total. The van der Waals surface area contributed by atoms with Crippen molar-refractivity contribution in [1.82, 2.24) is 24.9 Å². The first-order valence-corrected chi connectivity index (χ1v) is 7.01. The number of H-pyrrole nitrogens is 1. The van der Waals surface area contributed by atoms with E-state index in [1.54, 1.807) is 28.9 Å². The number of carbonyl (C=O) groups excluding carboxylic acids is 1. The predicted octanol–water partition coefficient (Wildman–Crippen LogP) is 0.127. The average molecular weight is 289 g/mol. The Hall–Kier alpha value is -2.15. The maximum Gasteiger partial charge on any atom is 0.272 e. The molecule has 21 heavy (non-hydrogen) atoms. The van der Waals surface area contributed by atoms with Crippen LogP contribution in [0.3, 0.4) is 0 Å². The number of carbonyl (C=O) groups is 1. The monoisotopic (exact) mass is 289 g/mol. The minimum Gasteiger partial charge on any atom is -0.391 e. The fraction of sp³-hybridized carbons (Fsp3) is 0.500. The van der Waals surface area contributed by atoms with Crippen LogP contribution in [0.15, 0.2) is 18.3 Å². The van der Waals surface area contributed by atoms with E-state index in [1.165, 1.54) is 0 Å². The summed E-state index contributed by atoms with van der Waals surface area (Å²) in [6.07, 6.45) is 1.75. The van der Waals surface area contributed by atoms with E-state index in [9.17, 15) is 9.90 Å². The lowest BCUT2D eigenvalue weighted by Crippen LogP contribution is -2.31. The van der Waals surface area contributed by atoms with Crippen LogP contribution in [0.1, 0.15) is 21.9 Å². The Morgan fingerprint density at radius 1 is 1.52 bits per heavy atom. The summed E-state index contributed by atoms with van der Waals surface area (Å²) in [5.41, 5.74) is 2.46. The van der Waals surface area contributed by atoms with Crippen molar-refractivity contribution in [3.8, 4) is 0 Å². The summed E-state index contributed by atoms with van der Waals surface area (Å²) < 4.78 is 1.55. The molecule has 1 amide bonds. The zero-order valence-corrected chi connectivity index (χ0v) is 12.2. The molecule has 7 heteroatoms. The Balaban J connectivity index is 1.68. The molecule has 2 aromatic heterocycles. The van der Waals surface area contributed by atoms with Gasteiger partial charge in [-0.25, -0.2) is 0 Å². The van der Waals surface area contributed by atoms with Crippen molar-refractivity contribution >= 4 is 5.91 Å². The highest BCUT2D eigenvalue weighted by Gasteiger charge is 2.35. The molecule has 1 fully saturated rings. The van der Waals surface area contributed by atoms with Crippen molar-refractivity contribution in [1.29, 1.82) is 0 Å². The quantitative estimate of drug-likeness (QED) is 0.840. The fourth-order valence-corrected chi connectivity index (χ4v) is 2.81. The lowest BCUT2D eigenvalue weighted by Gasteiger charge is -2.15. The van der Waals surface area contributed by atoms with Gasteiger partial charge in [-0.3, -0.25) is 14.6 Å². The van der Waals surface area contributed by atoms with Gasteiger partial charge in [0.1, 0.15) is 5.69 Å². The van der Waals surface area contributed by atoms with Gasteiger partial charge >= 0.3 is 0 Å². The standard InChI is InChI=1S/C14H19N5O2/c1-9-5-11(17-16-9)6-10-7-19(8-13(10)20)14(21)12-3-4-15-18(12)2/h3-5,10,13,20H,6-8H2,1-2H3,(H,16,17)/t10-,13-/m1/s1. The summed E-state index contributed by atoms with van der Waals surface area (Å²) in [6, 6.07) is 3.66. The topological polar surface area (TPSA) is 87.0 Å². The number of hydrogen-bond acceptors (Lipinski definition) is 4. The number of aliphatic hydroxyl groups is 1. The Morgan fingerprint density at radius 2 is 2.33 bits per heavy atom. The van der Waals surface area contributed by atoms with Crippen LogP contribution in [0.2, 0.25) is 0 Å². The van der Waals surface area contributed by atoms with E-state index in [-0.39, 0.29) is 11.8 Å². The molecule has 1 saturated heterocycles. The van der Waals surface area contributed by atoms with Crippen LogP contribution in [-0.2, 0) is 13.5 Å². The third-order valence-corrected chi connectivity index (χ3v) is 3.96. The molecule has 0 unspecified atom stereocenters. The lowest BCUT2D eigenvalue weighted by atomic mass is 10.0. The van der Waals surface area contributed by atoms with Gasteiger partial charge in [-0.1, -0.05) is 0 Å². The van der Waals surface area contributed by atoms with Crippen LogP contribution in [0.25, 0.3) is 0 Å². The van der Waals surface area contributed by atoms with Crippen LogP contribution in [0.5, 0.6) is 0 Å². The molecule has 0 aliphatic carbocycles. The number of aryl methyl sites for hydroxylation is 2. The van der Waals surface area contributed by atoms with E-state index in [4.69, 9.17) is 0 Å². The van der Waals surface area contributed by atoms with Crippen molar-refractivity contribution in [3.63, 3.8) is 0 Å². The molecule has 112 valence electrons.